The Kier molecular flexibility index (Phi) is 2.09. The van der Waals surface area contributed by atoms with Gasteiger partial charge in [-0.15, -0.1) is 0 Å². The number of fused-ring (bicyclic) bond motifs is 1. The molecule has 0 heterocycles. The number of ketones is 1. The minimum atomic E-state index is 0.0207. The molecule has 0 saturated heterocycles. The topological polar surface area (TPSA) is 17.1 Å². The summed E-state index contributed by atoms with van der Waals surface area (Å²) in [4.78, 5) is 11.6. The molecule has 1 aliphatic rings. The van der Waals surface area contributed by atoms with Crippen LogP contribution in [0, 0.1) is 5.92 Å². The molecule has 0 aromatic heterocycles. The molecule has 13 heavy (non-hydrogen) atoms. The third-order valence-electron chi connectivity index (χ3n) is 2.41. The first-order chi connectivity index (χ1) is 6.11. The molecule has 1 atom stereocenters. The minimum Gasteiger partial charge on any atom is -0.294 e. The van der Waals surface area contributed by atoms with Gasteiger partial charge in [0.05, 0.1) is 5.02 Å². The zero-order chi connectivity index (χ0) is 9.59. The van der Waals surface area contributed by atoms with Gasteiger partial charge >= 0.3 is 0 Å². The van der Waals surface area contributed by atoms with Gasteiger partial charge in [0.25, 0.3) is 0 Å². The van der Waals surface area contributed by atoms with Crippen molar-refractivity contribution in [2.24, 2.45) is 5.92 Å². The normalized spacial score (nSPS) is 20.5. The number of Topliss-reactive ketones (excluding diaryl/α,β-unsaturated/α-hetero) is 1. The average Bonchev–Trinajstić information content (AvgIpc) is 2.38. The summed E-state index contributed by atoms with van der Waals surface area (Å²) >= 11 is 11.9. The van der Waals surface area contributed by atoms with Gasteiger partial charge in [-0.1, -0.05) is 30.1 Å². The maximum Gasteiger partial charge on any atom is 0.167 e. The van der Waals surface area contributed by atoms with Crippen molar-refractivity contribution >= 4 is 29.0 Å². The van der Waals surface area contributed by atoms with E-state index in [1.165, 1.54) is 0 Å². The molecule has 1 aromatic carbocycles. The van der Waals surface area contributed by atoms with Crippen molar-refractivity contribution in [1.29, 1.82) is 0 Å². The Labute approximate surface area is 86.7 Å². The lowest BCUT2D eigenvalue weighted by Crippen LogP contribution is -2.03. The summed E-state index contributed by atoms with van der Waals surface area (Å²) < 4.78 is 0. The average molecular weight is 215 g/mol. The Hall–Kier alpha value is -0.530. The van der Waals surface area contributed by atoms with Crippen molar-refractivity contribution in [3.63, 3.8) is 0 Å². The second-order valence-electron chi connectivity index (χ2n) is 3.35. The van der Waals surface area contributed by atoms with Crippen LogP contribution in [0.4, 0.5) is 0 Å². The summed E-state index contributed by atoms with van der Waals surface area (Å²) in [6, 6.07) is 3.42. The predicted molar refractivity (Wildman–Crippen MR) is 53.7 cm³/mol. The van der Waals surface area contributed by atoms with Gasteiger partial charge < -0.3 is 0 Å². The van der Waals surface area contributed by atoms with Crippen LogP contribution in [0.5, 0.6) is 0 Å². The van der Waals surface area contributed by atoms with E-state index in [0.717, 1.165) is 5.56 Å². The number of hydrogen-bond acceptors (Lipinski definition) is 1. The van der Waals surface area contributed by atoms with Gasteiger partial charge in [-0.3, -0.25) is 4.79 Å². The van der Waals surface area contributed by atoms with E-state index in [0.29, 0.717) is 22.0 Å². The highest BCUT2D eigenvalue weighted by molar-refractivity contribution is 6.37. The molecule has 1 aromatic rings. The van der Waals surface area contributed by atoms with Gasteiger partial charge in [0.2, 0.25) is 0 Å². The molecule has 0 amide bonds. The molecule has 0 spiro atoms. The Morgan fingerprint density at radius 1 is 1.31 bits per heavy atom. The highest BCUT2D eigenvalue weighted by Crippen LogP contribution is 2.36. The molecule has 0 bridgehead atoms. The van der Waals surface area contributed by atoms with Crippen LogP contribution in [0.25, 0.3) is 0 Å². The van der Waals surface area contributed by atoms with E-state index in [-0.39, 0.29) is 11.7 Å². The van der Waals surface area contributed by atoms with Crippen molar-refractivity contribution in [2.45, 2.75) is 13.3 Å². The number of carbonyl (C=O) groups is 1. The molecule has 0 N–H and O–H groups in total. The molecule has 0 aliphatic heterocycles. The fourth-order valence-electron chi connectivity index (χ4n) is 1.71. The third kappa shape index (κ3) is 1.27. The largest absolute Gasteiger partial charge is 0.294 e. The quantitative estimate of drug-likeness (QED) is 0.648. The zero-order valence-corrected chi connectivity index (χ0v) is 8.62. The van der Waals surface area contributed by atoms with E-state index in [1.807, 2.05) is 6.92 Å². The van der Waals surface area contributed by atoms with Gasteiger partial charge in [0.1, 0.15) is 0 Å². The van der Waals surface area contributed by atoms with Crippen LogP contribution in [-0.4, -0.2) is 5.78 Å². The minimum absolute atomic E-state index is 0.0207. The van der Waals surface area contributed by atoms with E-state index in [4.69, 9.17) is 23.2 Å². The Balaban J connectivity index is 2.68. The lowest BCUT2D eigenvalue weighted by Gasteiger charge is -2.01. The van der Waals surface area contributed by atoms with Crippen LogP contribution in [0.15, 0.2) is 12.1 Å². The fraction of sp³-hybridized carbons (Fsp3) is 0.300. The van der Waals surface area contributed by atoms with Gasteiger partial charge in [-0.25, -0.2) is 0 Å². The standard InChI is InChI=1S/C10H8Cl2O/c1-5-4-6-7(11)2-3-8(12)9(6)10(5)13/h2-3,5H,4H2,1H3. The summed E-state index contributed by atoms with van der Waals surface area (Å²) in [6.45, 7) is 1.90. The molecule has 1 unspecified atom stereocenters. The van der Waals surface area contributed by atoms with Crippen LogP contribution in [0.3, 0.4) is 0 Å². The SMILES string of the molecule is CC1Cc2c(Cl)ccc(Cl)c2C1=O. The maximum absolute atomic E-state index is 11.6. The summed E-state index contributed by atoms with van der Waals surface area (Å²) in [5, 5.41) is 1.17. The Bertz CT molecular complexity index is 385. The Morgan fingerprint density at radius 3 is 2.54 bits per heavy atom. The van der Waals surface area contributed by atoms with E-state index in [2.05, 4.69) is 0 Å². The van der Waals surface area contributed by atoms with Crippen LogP contribution in [-0.2, 0) is 6.42 Å². The van der Waals surface area contributed by atoms with Crippen molar-refractivity contribution in [1.82, 2.24) is 0 Å². The summed E-state index contributed by atoms with van der Waals surface area (Å²) in [6.07, 6.45) is 0.716. The number of hydrogen-bond donors (Lipinski definition) is 0. The molecule has 3 heteroatoms. The molecule has 68 valence electrons. The number of carbonyl (C=O) groups excluding carboxylic acids is 1. The number of rotatable bonds is 0. The monoisotopic (exact) mass is 214 g/mol. The zero-order valence-electron chi connectivity index (χ0n) is 7.10. The van der Waals surface area contributed by atoms with Crippen molar-refractivity contribution in [3.05, 3.63) is 33.3 Å². The van der Waals surface area contributed by atoms with E-state index in [1.54, 1.807) is 12.1 Å². The lowest BCUT2D eigenvalue weighted by molar-refractivity contribution is 0.0946. The molecular formula is C10H8Cl2O. The number of benzene rings is 1. The van der Waals surface area contributed by atoms with Gasteiger partial charge in [0, 0.05) is 16.5 Å². The second kappa shape index (κ2) is 3.00. The van der Waals surface area contributed by atoms with Crippen LogP contribution >= 0.6 is 23.2 Å². The highest BCUT2D eigenvalue weighted by Gasteiger charge is 2.30. The van der Waals surface area contributed by atoms with E-state index >= 15 is 0 Å². The first-order valence-electron chi connectivity index (χ1n) is 4.12. The van der Waals surface area contributed by atoms with E-state index in [9.17, 15) is 4.79 Å². The van der Waals surface area contributed by atoms with Crippen LogP contribution < -0.4 is 0 Å². The van der Waals surface area contributed by atoms with Gasteiger partial charge in [-0.2, -0.15) is 0 Å². The highest BCUT2D eigenvalue weighted by atomic mass is 35.5. The fourth-order valence-corrected chi connectivity index (χ4v) is 2.21. The molecule has 2 rings (SSSR count). The summed E-state index contributed by atoms with van der Waals surface area (Å²) in [5.41, 5.74) is 1.54. The summed E-state index contributed by atoms with van der Waals surface area (Å²) in [5.74, 6) is 0.134. The molecule has 0 fully saturated rings. The van der Waals surface area contributed by atoms with Crippen molar-refractivity contribution in [2.75, 3.05) is 0 Å². The van der Waals surface area contributed by atoms with Gasteiger partial charge in [0.15, 0.2) is 5.78 Å². The second-order valence-corrected chi connectivity index (χ2v) is 4.17. The predicted octanol–water partition coefficient (Wildman–Crippen LogP) is 3.37. The smallest absolute Gasteiger partial charge is 0.167 e. The van der Waals surface area contributed by atoms with Crippen molar-refractivity contribution in [3.8, 4) is 0 Å². The van der Waals surface area contributed by atoms with E-state index < -0.39 is 0 Å². The van der Waals surface area contributed by atoms with Crippen LogP contribution in [0.2, 0.25) is 10.0 Å². The van der Waals surface area contributed by atoms with Crippen LogP contribution in [0.1, 0.15) is 22.8 Å². The molecule has 0 radical (unpaired) electrons. The Morgan fingerprint density at radius 2 is 1.92 bits per heavy atom. The first kappa shape index (κ1) is 9.04. The van der Waals surface area contributed by atoms with Gasteiger partial charge in [-0.05, 0) is 24.1 Å². The van der Waals surface area contributed by atoms with Crippen molar-refractivity contribution < 1.29 is 4.79 Å². The number of halogens is 2. The molecule has 1 nitrogen and oxygen atoms in total. The molecular weight excluding hydrogens is 207 g/mol. The summed E-state index contributed by atoms with van der Waals surface area (Å²) in [7, 11) is 0. The lowest BCUT2D eigenvalue weighted by atomic mass is 10.1. The first-order valence-corrected chi connectivity index (χ1v) is 4.88. The third-order valence-corrected chi connectivity index (χ3v) is 3.08. The maximum atomic E-state index is 11.6. The molecule has 0 saturated carbocycles. The molecule has 1 aliphatic carbocycles.